The largest absolute Gasteiger partial charge is 0.370 e. The van der Waals surface area contributed by atoms with Gasteiger partial charge in [0.25, 0.3) is 5.91 Å². The zero-order valence-corrected chi connectivity index (χ0v) is 18.8. The first-order chi connectivity index (χ1) is 16.3. The van der Waals surface area contributed by atoms with Crippen molar-refractivity contribution in [1.29, 1.82) is 0 Å². The van der Waals surface area contributed by atoms with Gasteiger partial charge in [-0.25, -0.2) is 23.7 Å². The number of rotatable bonds is 6. The summed E-state index contributed by atoms with van der Waals surface area (Å²) in [5.41, 5.74) is 13.0. The van der Waals surface area contributed by atoms with Gasteiger partial charge in [0, 0.05) is 23.6 Å². The second kappa shape index (κ2) is 9.98. The average Bonchev–Trinajstić information content (AvgIpc) is 2.79. The summed E-state index contributed by atoms with van der Waals surface area (Å²) in [6.07, 6.45) is 3.74. The molecule has 2 atom stereocenters. The fourth-order valence-corrected chi connectivity index (χ4v) is 4.17. The molecule has 0 aliphatic heterocycles. The van der Waals surface area contributed by atoms with E-state index in [1.165, 1.54) is 6.07 Å². The van der Waals surface area contributed by atoms with Crippen molar-refractivity contribution in [2.24, 2.45) is 16.5 Å². The normalized spacial score (nSPS) is 17.9. The van der Waals surface area contributed by atoms with E-state index in [4.69, 9.17) is 11.5 Å². The summed E-state index contributed by atoms with van der Waals surface area (Å²) < 4.78 is 27.1. The number of aliphatic imine (C=N–C) groups is 1. The molecule has 4 rings (SSSR count). The third-order valence-electron chi connectivity index (χ3n) is 5.88. The number of fused-ring (bicyclic) bond motifs is 1. The summed E-state index contributed by atoms with van der Waals surface area (Å²) in [6, 6.07) is 8.71. The van der Waals surface area contributed by atoms with Gasteiger partial charge in [0.1, 0.15) is 17.5 Å². The Hall–Kier alpha value is -3.82. The number of hydrogen-bond acceptors (Lipinski definition) is 5. The van der Waals surface area contributed by atoms with Crippen molar-refractivity contribution in [2.45, 2.75) is 51.2 Å². The zero-order valence-electron chi connectivity index (χ0n) is 18.8. The maximum Gasteiger partial charge on any atom is 0.289 e. The number of aryl methyl sites for hydroxylation is 1. The van der Waals surface area contributed by atoms with E-state index in [1.807, 2.05) is 25.1 Å². The Balaban J connectivity index is 1.62. The molecule has 0 saturated heterocycles. The highest BCUT2D eigenvalue weighted by molar-refractivity contribution is 5.96. The number of hydrogen-bond donors (Lipinski definition) is 4. The number of halogens is 2. The van der Waals surface area contributed by atoms with Crippen LogP contribution in [-0.4, -0.2) is 33.9 Å². The van der Waals surface area contributed by atoms with Crippen molar-refractivity contribution in [3.63, 3.8) is 0 Å². The second-order valence-electron chi connectivity index (χ2n) is 8.49. The van der Waals surface area contributed by atoms with Crippen molar-refractivity contribution >= 4 is 28.6 Å². The first kappa shape index (κ1) is 23.3. The van der Waals surface area contributed by atoms with Crippen LogP contribution in [0.15, 0.2) is 41.4 Å². The molecule has 1 aromatic heterocycles. The Morgan fingerprint density at radius 1 is 1.12 bits per heavy atom. The lowest BCUT2D eigenvalue weighted by Crippen LogP contribution is -2.38. The van der Waals surface area contributed by atoms with Gasteiger partial charge in [0.15, 0.2) is 5.96 Å². The van der Waals surface area contributed by atoms with Crippen molar-refractivity contribution in [3.05, 3.63) is 65.0 Å². The van der Waals surface area contributed by atoms with E-state index in [2.05, 4.69) is 25.6 Å². The van der Waals surface area contributed by atoms with Crippen molar-refractivity contribution in [3.8, 4) is 0 Å². The molecule has 1 heterocycles. The molecule has 1 fully saturated rings. The Labute approximate surface area is 195 Å². The fourth-order valence-electron chi connectivity index (χ4n) is 4.17. The topological polar surface area (TPSA) is 131 Å². The smallest absolute Gasteiger partial charge is 0.289 e. The number of guanidine groups is 1. The first-order valence-corrected chi connectivity index (χ1v) is 11.2. The minimum atomic E-state index is -0.736. The Kier molecular flexibility index (Phi) is 6.85. The molecule has 8 nitrogen and oxygen atoms in total. The molecule has 3 aromatic rings. The van der Waals surface area contributed by atoms with Crippen molar-refractivity contribution in [2.75, 3.05) is 5.32 Å². The van der Waals surface area contributed by atoms with Crippen LogP contribution in [0, 0.1) is 18.6 Å². The molecule has 0 spiro atoms. The Bertz CT molecular complexity index is 1240. The molecule has 2 unspecified atom stereocenters. The van der Waals surface area contributed by atoms with Crippen LogP contribution in [0.5, 0.6) is 0 Å². The van der Waals surface area contributed by atoms with Crippen LogP contribution in [-0.2, 0) is 6.54 Å². The molecule has 178 valence electrons. The number of aromatic nitrogens is 2. The van der Waals surface area contributed by atoms with E-state index in [0.29, 0.717) is 11.3 Å². The summed E-state index contributed by atoms with van der Waals surface area (Å²) in [7, 11) is 0. The quantitative estimate of drug-likeness (QED) is 0.325. The predicted molar refractivity (Wildman–Crippen MR) is 127 cm³/mol. The van der Waals surface area contributed by atoms with Gasteiger partial charge in [-0.15, -0.1) is 0 Å². The standard InChI is InChI=1S/C24H27F2N7O/c1-13-6-9-18-16(10-13)21(31-19-4-2-3-5-20(19)32-24(27)28)33-22(30-18)23(34)29-12-14-7-8-15(25)11-17(14)26/h6-11,19-20H,2-5,12H2,1H3,(H,29,34)(H4,27,28,32)(H,30,31,33). The van der Waals surface area contributed by atoms with Gasteiger partial charge in [-0.1, -0.05) is 30.5 Å². The number of amides is 1. The molecule has 34 heavy (non-hydrogen) atoms. The van der Waals surface area contributed by atoms with Crippen molar-refractivity contribution < 1.29 is 13.6 Å². The van der Waals surface area contributed by atoms with E-state index in [9.17, 15) is 13.6 Å². The van der Waals surface area contributed by atoms with Crippen LogP contribution in [0.1, 0.15) is 47.4 Å². The summed E-state index contributed by atoms with van der Waals surface area (Å²) in [5, 5.41) is 6.82. The lowest BCUT2D eigenvalue weighted by Gasteiger charge is -2.30. The van der Waals surface area contributed by atoms with Gasteiger partial charge in [-0.3, -0.25) is 4.79 Å². The van der Waals surface area contributed by atoms with Crippen LogP contribution >= 0.6 is 0 Å². The SMILES string of the molecule is Cc1ccc2nc(C(=O)NCc3ccc(F)cc3F)nc(NC3CCCCC3N=C(N)N)c2c1. The minimum Gasteiger partial charge on any atom is -0.370 e. The highest BCUT2D eigenvalue weighted by atomic mass is 19.1. The lowest BCUT2D eigenvalue weighted by molar-refractivity contribution is 0.0940. The van der Waals surface area contributed by atoms with E-state index < -0.39 is 17.5 Å². The van der Waals surface area contributed by atoms with E-state index >= 15 is 0 Å². The number of carbonyl (C=O) groups is 1. The van der Waals surface area contributed by atoms with Crippen LogP contribution in [0.4, 0.5) is 14.6 Å². The van der Waals surface area contributed by atoms with Crippen molar-refractivity contribution in [1.82, 2.24) is 15.3 Å². The number of benzene rings is 2. The number of nitrogens with two attached hydrogens (primary N) is 2. The zero-order chi connectivity index (χ0) is 24.2. The van der Waals surface area contributed by atoms with Gasteiger partial charge in [-0.2, -0.15) is 0 Å². The molecule has 0 bridgehead atoms. The van der Waals surface area contributed by atoms with Gasteiger partial charge < -0.3 is 22.1 Å². The number of nitrogens with zero attached hydrogens (tertiary/aromatic N) is 3. The highest BCUT2D eigenvalue weighted by Crippen LogP contribution is 2.28. The second-order valence-corrected chi connectivity index (χ2v) is 8.49. The van der Waals surface area contributed by atoms with Gasteiger partial charge in [-0.05, 0) is 38.0 Å². The van der Waals surface area contributed by atoms with E-state index in [1.54, 1.807) is 0 Å². The third kappa shape index (κ3) is 5.38. The first-order valence-electron chi connectivity index (χ1n) is 11.2. The van der Waals surface area contributed by atoms with Gasteiger partial charge >= 0.3 is 0 Å². The molecule has 1 saturated carbocycles. The Morgan fingerprint density at radius 3 is 2.68 bits per heavy atom. The molecule has 1 amide bonds. The summed E-state index contributed by atoms with van der Waals surface area (Å²) in [5.74, 6) is -1.50. The summed E-state index contributed by atoms with van der Waals surface area (Å²) in [6.45, 7) is 1.84. The molecular formula is C24H27F2N7O. The third-order valence-corrected chi connectivity index (χ3v) is 5.88. The van der Waals surface area contributed by atoms with Gasteiger partial charge in [0.05, 0.1) is 17.6 Å². The molecule has 1 aliphatic carbocycles. The maximum atomic E-state index is 13.9. The Morgan fingerprint density at radius 2 is 1.91 bits per heavy atom. The molecule has 1 aliphatic rings. The molecule has 10 heteroatoms. The molecule has 2 aromatic carbocycles. The average molecular weight is 468 g/mol. The van der Waals surface area contributed by atoms with Crippen LogP contribution < -0.4 is 22.1 Å². The summed E-state index contributed by atoms with van der Waals surface area (Å²) in [4.78, 5) is 26.1. The molecule has 0 radical (unpaired) electrons. The fraction of sp³-hybridized carbons (Fsp3) is 0.333. The van der Waals surface area contributed by atoms with E-state index in [-0.39, 0.29) is 36.0 Å². The number of nitrogens with one attached hydrogen (secondary N) is 2. The maximum absolute atomic E-state index is 13.9. The minimum absolute atomic E-state index is 0.0372. The van der Waals surface area contributed by atoms with Gasteiger partial charge in [0.2, 0.25) is 5.82 Å². The summed E-state index contributed by atoms with van der Waals surface area (Å²) >= 11 is 0. The van der Waals surface area contributed by atoms with Crippen LogP contribution in [0.25, 0.3) is 10.9 Å². The molecular weight excluding hydrogens is 440 g/mol. The lowest BCUT2D eigenvalue weighted by atomic mass is 9.90. The van der Waals surface area contributed by atoms with Crippen LogP contribution in [0.2, 0.25) is 0 Å². The van der Waals surface area contributed by atoms with E-state index in [0.717, 1.165) is 48.8 Å². The predicted octanol–water partition coefficient (Wildman–Crippen LogP) is 3.14. The number of carbonyl (C=O) groups excluding carboxylic acids is 1. The monoisotopic (exact) mass is 467 g/mol. The number of anilines is 1. The molecule has 6 N–H and O–H groups in total. The van der Waals surface area contributed by atoms with Crippen LogP contribution in [0.3, 0.4) is 0 Å². The highest BCUT2D eigenvalue weighted by Gasteiger charge is 2.26.